The Bertz CT molecular complexity index is 441. The van der Waals surface area contributed by atoms with Crippen molar-refractivity contribution < 1.29 is 4.79 Å². The molecule has 1 amide bonds. The molecule has 2 heterocycles. The maximum Gasteiger partial charge on any atom is 0.246 e. The molecule has 18 heavy (non-hydrogen) atoms. The molecule has 1 atom stereocenters. The SMILES string of the molecule is CNC1CCCN(C(=O)/C=C/c2cnc(C)s2)C1. The van der Waals surface area contributed by atoms with Crippen LogP contribution in [0.15, 0.2) is 12.3 Å². The summed E-state index contributed by atoms with van der Waals surface area (Å²) in [6, 6.07) is 0.432. The summed E-state index contributed by atoms with van der Waals surface area (Å²) in [5.41, 5.74) is 0. The van der Waals surface area contributed by atoms with Crippen molar-refractivity contribution >= 4 is 23.3 Å². The van der Waals surface area contributed by atoms with Crippen LogP contribution in [0, 0.1) is 6.92 Å². The van der Waals surface area contributed by atoms with E-state index in [1.807, 2.05) is 24.9 Å². The van der Waals surface area contributed by atoms with Crippen LogP contribution in [0.4, 0.5) is 0 Å². The molecule has 1 N–H and O–H groups in total. The Morgan fingerprint density at radius 3 is 3.17 bits per heavy atom. The van der Waals surface area contributed by atoms with E-state index in [0.717, 1.165) is 35.8 Å². The summed E-state index contributed by atoms with van der Waals surface area (Å²) in [4.78, 5) is 19.1. The lowest BCUT2D eigenvalue weighted by molar-refractivity contribution is -0.127. The lowest BCUT2D eigenvalue weighted by Crippen LogP contribution is -2.46. The molecular weight excluding hydrogens is 246 g/mol. The topological polar surface area (TPSA) is 45.2 Å². The van der Waals surface area contributed by atoms with Crippen LogP contribution in [-0.4, -0.2) is 42.0 Å². The van der Waals surface area contributed by atoms with Crippen molar-refractivity contribution in [1.29, 1.82) is 0 Å². The first kappa shape index (κ1) is 13.2. The summed E-state index contributed by atoms with van der Waals surface area (Å²) in [7, 11) is 1.95. The van der Waals surface area contributed by atoms with E-state index in [9.17, 15) is 4.79 Å². The summed E-state index contributed by atoms with van der Waals surface area (Å²) >= 11 is 1.60. The van der Waals surface area contributed by atoms with Gasteiger partial charge in [0.15, 0.2) is 0 Å². The zero-order valence-corrected chi connectivity index (χ0v) is 11.7. The summed E-state index contributed by atoms with van der Waals surface area (Å²) in [6.45, 7) is 3.64. The average molecular weight is 265 g/mol. The average Bonchev–Trinajstić information content (AvgIpc) is 2.82. The fourth-order valence-electron chi connectivity index (χ4n) is 2.13. The number of thiazole rings is 1. The van der Waals surface area contributed by atoms with E-state index in [1.165, 1.54) is 0 Å². The van der Waals surface area contributed by atoms with Gasteiger partial charge in [0.05, 0.1) is 5.01 Å². The van der Waals surface area contributed by atoms with Crippen LogP contribution in [-0.2, 0) is 4.79 Å². The largest absolute Gasteiger partial charge is 0.338 e. The highest BCUT2D eigenvalue weighted by Crippen LogP contribution is 2.14. The summed E-state index contributed by atoms with van der Waals surface area (Å²) in [5, 5.41) is 4.26. The second-order valence-electron chi connectivity index (χ2n) is 4.53. The van der Waals surface area contributed by atoms with Gasteiger partial charge >= 0.3 is 0 Å². The molecule has 0 aromatic carbocycles. The van der Waals surface area contributed by atoms with E-state index in [0.29, 0.717) is 6.04 Å². The molecule has 1 saturated heterocycles. The number of aromatic nitrogens is 1. The zero-order chi connectivity index (χ0) is 13.0. The standard InChI is InChI=1S/C13H19N3OS/c1-10-15-8-12(18-10)5-6-13(17)16-7-3-4-11(9-16)14-2/h5-6,8,11,14H,3-4,7,9H2,1-2H3/b6-5+. The molecular formula is C13H19N3OS. The Kier molecular flexibility index (Phi) is 4.49. The van der Waals surface area contributed by atoms with Crippen molar-refractivity contribution in [3.63, 3.8) is 0 Å². The highest BCUT2D eigenvalue weighted by molar-refractivity contribution is 7.12. The highest BCUT2D eigenvalue weighted by atomic mass is 32.1. The monoisotopic (exact) mass is 265 g/mol. The van der Waals surface area contributed by atoms with E-state index < -0.39 is 0 Å². The number of likely N-dealkylation sites (N-methyl/N-ethyl adjacent to an activating group) is 1. The first-order valence-electron chi connectivity index (χ1n) is 6.25. The molecule has 0 radical (unpaired) electrons. The summed E-state index contributed by atoms with van der Waals surface area (Å²) < 4.78 is 0. The van der Waals surface area contributed by atoms with E-state index in [4.69, 9.17) is 0 Å². The molecule has 0 bridgehead atoms. The molecule has 2 rings (SSSR count). The van der Waals surface area contributed by atoms with E-state index >= 15 is 0 Å². The molecule has 0 spiro atoms. The number of nitrogens with zero attached hydrogens (tertiary/aromatic N) is 2. The zero-order valence-electron chi connectivity index (χ0n) is 10.8. The van der Waals surface area contributed by atoms with Gasteiger partial charge in [0.1, 0.15) is 0 Å². The van der Waals surface area contributed by atoms with Crippen LogP contribution in [0.25, 0.3) is 6.08 Å². The predicted octanol–water partition coefficient (Wildman–Crippen LogP) is 1.68. The number of amides is 1. The minimum absolute atomic E-state index is 0.0982. The Morgan fingerprint density at radius 2 is 2.50 bits per heavy atom. The Morgan fingerprint density at radius 1 is 1.67 bits per heavy atom. The van der Waals surface area contributed by atoms with Crippen molar-refractivity contribution in [2.75, 3.05) is 20.1 Å². The first-order valence-corrected chi connectivity index (χ1v) is 7.07. The number of hydrogen-bond acceptors (Lipinski definition) is 4. The van der Waals surface area contributed by atoms with Crippen molar-refractivity contribution in [3.8, 4) is 0 Å². The second-order valence-corrected chi connectivity index (χ2v) is 5.79. The Hall–Kier alpha value is -1.20. The molecule has 0 aliphatic carbocycles. The van der Waals surface area contributed by atoms with Gasteiger partial charge < -0.3 is 10.2 Å². The van der Waals surface area contributed by atoms with Crippen molar-refractivity contribution in [2.24, 2.45) is 0 Å². The summed E-state index contributed by atoms with van der Waals surface area (Å²) in [6.07, 6.45) is 7.54. The van der Waals surface area contributed by atoms with Crippen molar-refractivity contribution in [3.05, 3.63) is 22.2 Å². The molecule has 98 valence electrons. The number of carbonyl (C=O) groups is 1. The number of hydrogen-bond donors (Lipinski definition) is 1. The smallest absolute Gasteiger partial charge is 0.246 e. The van der Waals surface area contributed by atoms with Crippen LogP contribution in [0.5, 0.6) is 0 Å². The third kappa shape index (κ3) is 3.40. The number of likely N-dealkylation sites (tertiary alicyclic amines) is 1. The van der Waals surface area contributed by atoms with Gasteiger partial charge in [-0.05, 0) is 32.9 Å². The molecule has 4 nitrogen and oxygen atoms in total. The third-order valence-corrected chi connectivity index (χ3v) is 4.05. The molecule has 1 aromatic rings. The van der Waals surface area contributed by atoms with Crippen LogP contribution >= 0.6 is 11.3 Å². The van der Waals surface area contributed by atoms with Crippen LogP contribution < -0.4 is 5.32 Å². The van der Waals surface area contributed by atoms with E-state index in [1.54, 1.807) is 23.6 Å². The third-order valence-electron chi connectivity index (χ3n) is 3.17. The van der Waals surface area contributed by atoms with Crippen molar-refractivity contribution in [2.45, 2.75) is 25.8 Å². The molecule has 1 unspecified atom stereocenters. The minimum atomic E-state index is 0.0982. The van der Waals surface area contributed by atoms with Crippen LogP contribution in [0.2, 0.25) is 0 Å². The summed E-state index contributed by atoms with van der Waals surface area (Å²) in [5.74, 6) is 0.0982. The van der Waals surface area contributed by atoms with Gasteiger partial charge in [-0.15, -0.1) is 11.3 Å². The van der Waals surface area contributed by atoms with Gasteiger partial charge in [0, 0.05) is 36.3 Å². The number of aryl methyl sites for hydroxylation is 1. The fourth-order valence-corrected chi connectivity index (χ4v) is 2.81. The van der Waals surface area contributed by atoms with E-state index in [2.05, 4.69) is 10.3 Å². The Labute approximate surface area is 112 Å². The molecule has 1 aliphatic heterocycles. The molecule has 1 aliphatic rings. The number of nitrogens with one attached hydrogen (secondary N) is 1. The lowest BCUT2D eigenvalue weighted by Gasteiger charge is -2.31. The maximum atomic E-state index is 12.0. The molecule has 1 aromatic heterocycles. The first-order chi connectivity index (χ1) is 8.69. The van der Waals surface area contributed by atoms with Crippen LogP contribution in [0.3, 0.4) is 0 Å². The maximum absolute atomic E-state index is 12.0. The second kappa shape index (κ2) is 6.11. The van der Waals surface area contributed by atoms with Gasteiger partial charge in [-0.25, -0.2) is 4.98 Å². The Balaban J connectivity index is 1.93. The van der Waals surface area contributed by atoms with Crippen molar-refractivity contribution in [1.82, 2.24) is 15.2 Å². The number of rotatable bonds is 3. The molecule has 0 saturated carbocycles. The van der Waals surface area contributed by atoms with Gasteiger partial charge in [0.25, 0.3) is 0 Å². The number of carbonyl (C=O) groups excluding carboxylic acids is 1. The number of piperidine rings is 1. The fraction of sp³-hybridized carbons (Fsp3) is 0.538. The highest BCUT2D eigenvalue weighted by Gasteiger charge is 2.20. The molecule has 5 heteroatoms. The predicted molar refractivity (Wildman–Crippen MR) is 74.5 cm³/mol. The van der Waals surface area contributed by atoms with Gasteiger partial charge in [-0.3, -0.25) is 4.79 Å². The quantitative estimate of drug-likeness (QED) is 0.846. The van der Waals surface area contributed by atoms with Gasteiger partial charge in [0.2, 0.25) is 5.91 Å². The molecule has 1 fully saturated rings. The van der Waals surface area contributed by atoms with E-state index in [-0.39, 0.29) is 5.91 Å². The minimum Gasteiger partial charge on any atom is -0.338 e. The van der Waals surface area contributed by atoms with Gasteiger partial charge in [-0.1, -0.05) is 0 Å². The van der Waals surface area contributed by atoms with Crippen LogP contribution in [0.1, 0.15) is 22.7 Å². The normalized spacial score (nSPS) is 20.6. The lowest BCUT2D eigenvalue weighted by atomic mass is 10.1. The van der Waals surface area contributed by atoms with Gasteiger partial charge in [-0.2, -0.15) is 0 Å².